The molecule has 0 aliphatic carbocycles. The number of benzene rings is 2. The van der Waals surface area contributed by atoms with Crippen molar-refractivity contribution in [1.82, 2.24) is 9.55 Å². The van der Waals surface area contributed by atoms with Crippen molar-refractivity contribution in [3.63, 3.8) is 0 Å². The van der Waals surface area contributed by atoms with E-state index in [-0.39, 0.29) is 5.38 Å². The average Bonchev–Trinajstić information content (AvgIpc) is 2.77. The van der Waals surface area contributed by atoms with Crippen LogP contribution in [-0.4, -0.2) is 9.55 Å². The van der Waals surface area contributed by atoms with Gasteiger partial charge in [0.15, 0.2) is 0 Å². The molecular formula is C15H11Cl2IN2. The van der Waals surface area contributed by atoms with Gasteiger partial charge in [0.25, 0.3) is 0 Å². The van der Waals surface area contributed by atoms with E-state index in [1.165, 1.54) is 0 Å². The Bertz CT molecular complexity index is 781. The fourth-order valence-electron chi connectivity index (χ4n) is 2.22. The molecule has 3 rings (SSSR count). The minimum absolute atomic E-state index is 0.181. The highest BCUT2D eigenvalue weighted by molar-refractivity contribution is 14.1. The van der Waals surface area contributed by atoms with Gasteiger partial charge >= 0.3 is 0 Å². The molecule has 1 heterocycles. The Labute approximate surface area is 140 Å². The summed E-state index contributed by atoms with van der Waals surface area (Å²) in [7, 11) is 0. The van der Waals surface area contributed by atoms with Crippen molar-refractivity contribution in [1.29, 1.82) is 0 Å². The Morgan fingerprint density at radius 3 is 2.70 bits per heavy atom. The lowest BCUT2D eigenvalue weighted by atomic mass is 10.2. The molecule has 0 aliphatic rings. The van der Waals surface area contributed by atoms with Crippen LogP contribution in [0.15, 0.2) is 42.5 Å². The van der Waals surface area contributed by atoms with Gasteiger partial charge in [-0.2, -0.15) is 0 Å². The Kier molecular flexibility index (Phi) is 3.93. The van der Waals surface area contributed by atoms with Crippen molar-refractivity contribution >= 4 is 56.8 Å². The number of imidazole rings is 1. The molecule has 0 N–H and O–H groups in total. The predicted octanol–water partition coefficient (Wildman–Crippen LogP) is 5.58. The van der Waals surface area contributed by atoms with E-state index in [0.717, 1.165) is 26.1 Å². The Balaban J connectivity index is 2.36. The Hall–Kier alpha value is -0.780. The SMILES string of the molecule is CC(Cl)c1nc2ccc(Cl)cc2n1-c1cccc(I)c1. The summed E-state index contributed by atoms with van der Waals surface area (Å²) in [5.74, 6) is 0.825. The lowest BCUT2D eigenvalue weighted by Gasteiger charge is -2.11. The third-order valence-electron chi connectivity index (χ3n) is 3.06. The number of rotatable bonds is 2. The van der Waals surface area contributed by atoms with Crippen LogP contribution in [0.25, 0.3) is 16.7 Å². The second-order valence-electron chi connectivity index (χ2n) is 4.53. The monoisotopic (exact) mass is 416 g/mol. The summed E-state index contributed by atoms with van der Waals surface area (Å²) in [6, 6.07) is 13.9. The lowest BCUT2D eigenvalue weighted by Crippen LogP contribution is -2.02. The molecule has 0 bridgehead atoms. The van der Waals surface area contributed by atoms with Crippen LogP contribution in [0.3, 0.4) is 0 Å². The van der Waals surface area contributed by atoms with Gasteiger partial charge in [0.1, 0.15) is 5.82 Å². The van der Waals surface area contributed by atoms with Crippen molar-refractivity contribution in [2.45, 2.75) is 12.3 Å². The highest BCUT2D eigenvalue weighted by atomic mass is 127. The van der Waals surface area contributed by atoms with Gasteiger partial charge < -0.3 is 0 Å². The zero-order chi connectivity index (χ0) is 14.3. The minimum Gasteiger partial charge on any atom is -0.295 e. The van der Waals surface area contributed by atoms with Crippen molar-refractivity contribution in [3.05, 3.63) is 56.9 Å². The van der Waals surface area contributed by atoms with Crippen LogP contribution in [0.5, 0.6) is 0 Å². The summed E-state index contributed by atoms with van der Waals surface area (Å²) in [6.45, 7) is 1.93. The molecule has 2 aromatic carbocycles. The zero-order valence-corrected chi connectivity index (χ0v) is 14.3. The smallest absolute Gasteiger partial charge is 0.132 e. The van der Waals surface area contributed by atoms with Gasteiger partial charge in [-0.05, 0) is 65.9 Å². The zero-order valence-electron chi connectivity index (χ0n) is 10.6. The maximum atomic E-state index is 6.29. The fraction of sp³-hybridized carbons (Fsp3) is 0.133. The Morgan fingerprint density at radius 2 is 2.00 bits per heavy atom. The maximum absolute atomic E-state index is 6.29. The largest absolute Gasteiger partial charge is 0.295 e. The summed E-state index contributed by atoms with van der Waals surface area (Å²) >= 11 is 14.7. The van der Waals surface area contributed by atoms with Gasteiger partial charge in [0.2, 0.25) is 0 Å². The van der Waals surface area contributed by atoms with Crippen LogP contribution >= 0.6 is 45.8 Å². The first-order chi connectivity index (χ1) is 9.56. The number of alkyl halides is 1. The average molecular weight is 417 g/mol. The number of aromatic nitrogens is 2. The summed E-state index contributed by atoms with van der Waals surface area (Å²) in [4.78, 5) is 4.63. The summed E-state index contributed by atoms with van der Waals surface area (Å²) < 4.78 is 3.23. The van der Waals surface area contributed by atoms with E-state index in [0.29, 0.717) is 5.02 Å². The predicted molar refractivity (Wildman–Crippen MR) is 93.1 cm³/mol. The molecule has 0 radical (unpaired) electrons. The summed E-state index contributed by atoms with van der Waals surface area (Å²) in [5.41, 5.74) is 2.92. The molecule has 0 amide bonds. The van der Waals surface area contributed by atoms with Crippen molar-refractivity contribution < 1.29 is 0 Å². The molecule has 0 saturated carbocycles. The van der Waals surface area contributed by atoms with Crippen LogP contribution in [0.1, 0.15) is 18.1 Å². The van der Waals surface area contributed by atoms with Gasteiger partial charge in [-0.3, -0.25) is 4.57 Å². The lowest BCUT2D eigenvalue weighted by molar-refractivity contribution is 0.882. The van der Waals surface area contributed by atoms with Crippen LogP contribution in [0, 0.1) is 3.57 Å². The first-order valence-electron chi connectivity index (χ1n) is 6.14. The number of halogens is 3. The molecule has 20 heavy (non-hydrogen) atoms. The summed E-state index contributed by atoms with van der Waals surface area (Å²) in [6.07, 6.45) is 0. The van der Waals surface area contributed by atoms with Crippen LogP contribution in [0.4, 0.5) is 0 Å². The molecule has 0 spiro atoms. The van der Waals surface area contributed by atoms with Crippen LogP contribution in [-0.2, 0) is 0 Å². The molecule has 1 atom stereocenters. The quantitative estimate of drug-likeness (QED) is 0.393. The Morgan fingerprint density at radius 1 is 1.20 bits per heavy atom. The van der Waals surface area contributed by atoms with Crippen molar-refractivity contribution in [2.24, 2.45) is 0 Å². The molecule has 0 saturated heterocycles. The first-order valence-corrected chi connectivity index (χ1v) is 8.03. The maximum Gasteiger partial charge on any atom is 0.132 e. The van der Waals surface area contributed by atoms with Crippen LogP contribution < -0.4 is 0 Å². The highest BCUT2D eigenvalue weighted by Crippen LogP contribution is 2.30. The molecule has 2 nitrogen and oxygen atoms in total. The van der Waals surface area contributed by atoms with E-state index >= 15 is 0 Å². The molecule has 102 valence electrons. The normalized spacial score (nSPS) is 12.8. The number of hydrogen-bond acceptors (Lipinski definition) is 1. The molecule has 0 fully saturated rings. The number of nitrogens with zero attached hydrogens (tertiary/aromatic N) is 2. The third kappa shape index (κ3) is 2.54. The van der Waals surface area contributed by atoms with Crippen molar-refractivity contribution in [3.8, 4) is 5.69 Å². The molecule has 1 unspecified atom stereocenters. The van der Waals surface area contributed by atoms with E-state index in [9.17, 15) is 0 Å². The van der Waals surface area contributed by atoms with E-state index in [4.69, 9.17) is 23.2 Å². The second kappa shape index (κ2) is 5.54. The standard InChI is InChI=1S/C15H11Cl2IN2/c1-9(16)15-19-13-6-5-10(17)7-14(13)20(15)12-4-2-3-11(18)8-12/h2-9H,1H3. The topological polar surface area (TPSA) is 17.8 Å². The van der Waals surface area contributed by atoms with Gasteiger partial charge in [-0.25, -0.2) is 4.98 Å². The van der Waals surface area contributed by atoms with Gasteiger partial charge in [0.05, 0.1) is 16.4 Å². The number of fused-ring (bicyclic) bond motifs is 1. The third-order valence-corrected chi connectivity index (χ3v) is 4.17. The van der Waals surface area contributed by atoms with Crippen LogP contribution in [0.2, 0.25) is 5.02 Å². The second-order valence-corrected chi connectivity index (χ2v) is 6.87. The summed E-state index contributed by atoms with van der Waals surface area (Å²) in [5, 5.41) is 0.511. The minimum atomic E-state index is -0.181. The fourth-order valence-corrected chi connectivity index (χ4v) is 3.06. The van der Waals surface area contributed by atoms with E-state index in [1.54, 1.807) is 0 Å². The van der Waals surface area contributed by atoms with Gasteiger partial charge in [-0.15, -0.1) is 11.6 Å². The van der Waals surface area contributed by atoms with Gasteiger partial charge in [0, 0.05) is 14.3 Å². The van der Waals surface area contributed by atoms with E-state index < -0.39 is 0 Å². The first kappa shape index (κ1) is 14.2. The molecule has 1 aromatic heterocycles. The van der Waals surface area contributed by atoms with E-state index in [2.05, 4.69) is 44.3 Å². The number of hydrogen-bond donors (Lipinski definition) is 0. The van der Waals surface area contributed by atoms with E-state index in [1.807, 2.05) is 37.3 Å². The highest BCUT2D eigenvalue weighted by Gasteiger charge is 2.16. The van der Waals surface area contributed by atoms with Gasteiger partial charge in [-0.1, -0.05) is 17.7 Å². The molecule has 0 aliphatic heterocycles. The van der Waals surface area contributed by atoms with Crippen molar-refractivity contribution in [2.75, 3.05) is 0 Å². The molecule has 3 aromatic rings. The molecular weight excluding hydrogens is 406 g/mol. The molecule has 5 heteroatoms.